The number of amides is 1. The van der Waals surface area contributed by atoms with Crippen molar-refractivity contribution in [2.45, 2.75) is 13.3 Å². The fraction of sp³-hybridized carbons (Fsp3) is 0.714. The summed E-state index contributed by atoms with van der Waals surface area (Å²) in [5.74, 6) is 0.356. The second-order valence-electron chi connectivity index (χ2n) is 2.36. The van der Waals surface area contributed by atoms with E-state index in [-0.39, 0.29) is 6.61 Å². The average molecular weight is 188 g/mol. The van der Waals surface area contributed by atoms with Crippen LogP contribution in [0.15, 0.2) is 4.99 Å². The van der Waals surface area contributed by atoms with Gasteiger partial charge in [0, 0.05) is 6.54 Å². The fourth-order valence-electron chi connectivity index (χ4n) is 0.619. The van der Waals surface area contributed by atoms with Gasteiger partial charge in [0.05, 0.1) is 6.54 Å². The number of rotatable bonds is 5. The summed E-state index contributed by atoms with van der Waals surface area (Å²) in [6.07, 6.45) is 0.158. The third kappa shape index (κ3) is 8.45. The van der Waals surface area contributed by atoms with Gasteiger partial charge in [0.2, 0.25) is 0 Å². The van der Waals surface area contributed by atoms with Crippen LogP contribution in [0.1, 0.15) is 13.3 Å². The molecule has 0 rings (SSSR count). The first-order valence-corrected chi connectivity index (χ1v) is 4.12. The summed E-state index contributed by atoms with van der Waals surface area (Å²) in [7, 11) is 0. The minimum atomic E-state index is -0.786. The number of carbonyl (C=O) groups is 1. The van der Waals surface area contributed by atoms with Crippen LogP contribution in [0.3, 0.4) is 0 Å². The minimum Gasteiger partial charge on any atom is -0.448 e. The summed E-state index contributed by atoms with van der Waals surface area (Å²) in [6, 6.07) is 0. The molecule has 0 aromatic heterocycles. The predicted octanol–water partition coefficient (Wildman–Crippen LogP) is -0.604. The van der Waals surface area contributed by atoms with E-state index < -0.39 is 6.09 Å². The van der Waals surface area contributed by atoms with Gasteiger partial charge in [-0.2, -0.15) is 0 Å². The summed E-state index contributed by atoms with van der Waals surface area (Å²) in [4.78, 5) is 14.1. The molecule has 13 heavy (non-hydrogen) atoms. The highest BCUT2D eigenvalue weighted by Gasteiger charge is 1.93. The van der Waals surface area contributed by atoms with Gasteiger partial charge in [-0.05, 0) is 6.42 Å². The monoisotopic (exact) mass is 188 g/mol. The quantitative estimate of drug-likeness (QED) is 0.304. The molecular formula is C7H16N4O2. The smallest absolute Gasteiger partial charge is 0.404 e. The molecule has 0 atom stereocenters. The molecule has 0 aliphatic heterocycles. The number of ether oxygens (including phenoxy) is 1. The molecule has 1 amide bonds. The largest absolute Gasteiger partial charge is 0.448 e. The van der Waals surface area contributed by atoms with E-state index in [2.05, 4.69) is 15.0 Å². The zero-order valence-corrected chi connectivity index (χ0v) is 7.75. The molecule has 76 valence electrons. The van der Waals surface area contributed by atoms with E-state index in [1.165, 1.54) is 0 Å². The van der Waals surface area contributed by atoms with Crippen LogP contribution in [0.5, 0.6) is 0 Å². The molecular weight excluding hydrogens is 172 g/mol. The van der Waals surface area contributed by atoms with Gasteiger partial charge in [0.15, 0.2) is 5.96 Å². The van der Waals surface area contributed by atoms with Crippen LogP contribution in [0.2, 0.25) is 0 Å². The zero-order chi connectivity index (χ0) is 10.1. The Hall–Kier alpha value is -1.46. The third-order valence-corrected chi connectivity index (χ3v) is 1.16. The molecule has 0 aliphatic carbocycles. The highest BCUT2D eigenvalue weighted by Crippen LogP contribution is 1.76. The lowest BCUT2D eigenvalue weighted by Gasteiger charge is -2.04. The van der Waals surface area contributed by atoms with Crippen molar-refractivity contribution in [2.24, 2.45) is 16.5 Å². The average Bonchev–Trinajstić information content (AvgIpc) is 2.08. The van der Waals surface area contributed by atoms with Crippen LogP contribution in [-0.4, -0.2) is 31.7 Å². The van der Waals surface area contributed by atoms with Crippen molar-refractivity contribution in [2.75, 3.05) is 19.7 Å². The Balaban J connectivity index is 3.36. The number of primary amides is 1. The van der Waals surface area contributed by atoms with E-state index in [9.17, 15) is 4.79 Å². The summed E-state index contributed by atoms with van der Waals surface area (Å²) >= 11 is 0. The van der Waals surface area contributed by atoms with E-state index in [0.29, 0.717) is 19.0 Å². The van der Waals surface area contributed by atoms with Gasteiger partial charge in [0.1, 0.15) is 6.61 Å². The SMILES string of the molecule is CCCN=C(N)NCCOC(N)=O. The van der Waals surface area contributed by atoms with Crippen molar-refractivity contribution >= 4 is 12.1 Å². The molecule has 0 aliphatic rings. The fourth-order valence-corrected chi connectivity index (χ4v) is 0.619. The van der Waals surface area contributed by atoms with Gasteiger partial charge in [-0.3, -0.25) is 4.99 Å². The first-order chi connectivity index (χ1) is 6.16. The second-order valence-corrected chi connectivity index (χ2v) is 2.36. The van der Waals surface area contributed by atoms with E-state index >= 15 is 0 Å². The molecule has 5 N–H and O–H groups in total. The van der Waals surface area contributed by atoms with Crippen molar-refractivity contribution in [1.82, 2.24) is 5.32 Å². The maximum absolute atomic E-state index is 10.1. The van der Waals surface area contributed by atoms with Crippen molar-refractivity contribution in [1.29, 1.82) is 0 Å². The number of hydrogen-bond acceptors (Lipinski definition) is 3. The second kappa shape index (κ2) is 7.20. The normalized spacial score (nSPS) is 11.0. The van der Waals surface area contributed by atoms with Gasteiger partial charge < -0.3 is 21.5 Å². The Kier molecular flexibility index (Phi) is 6.39. The number of carbonyl (C=O) groups excluding carboxylic acids is 1. The van der Waals surface area contributed by atoms with E-state index in [4.69, 9.17) is 11.5 Å². The molecule has 0 spiro atoms. The molecule has 0 bridgehead atoms. The van der Waals surface area contributed by atoms with Crippen LogP contribution in [-0.2, 0) is 4.74 Å². The lowest BCUT2D eigenvalue weighted by molar-refractivity contribution is 0.159. The first kappa shape index (κ1) is 11.5. The lowest BCUT2D eigenvalue weighted by atomic mass is 10.5. The topological polar surface area (TPSA) is 103 Å². The Morgan fingerprint density at radius 3 is 2.77 bits per heavy atom. The van der Waals surface area contributed by atoms with Gasteiger partial charge >= 0.3 is 6.09 Å². The van der Waals surface area contributed by atoms with Crippen LogP contribution < -0.4 is 16.8 Å². The van der Waals surface area contributed by atoms with Crippen LogP contribution in [0.25, 0.3) is 0 Å². The Morgan fingerprint density at radius 2 is 2.23 bits per heavy atom. The zero-order valence-electron chi connectivity index (χ0n) is 7.75. The Labute approximate surface area is 77.3 Å². The van der Waals surface area contributed by atoms with Crippen LogP contribution >= 0.6 is 0 Å². The van der Waals surface area contributed by atoms with Crippen molar-refractivity contribution in [3.05, 3.63) is 0 Å². The van der Waals surface area contributed by atoms with E-state index in [1.54, 1.807) is 0 Å². The maximum Gasteiger partial charge on any atom is 0.404 e. The minimum absolute atomic E-state index is 0.192. The molecule has 0 saturated heterocycles. The van der Waals surface area contributed by atoms with Crippen molar-refractivity contribution in [3.63, 3.8) is 0 Å². The summed E-state index contributed by atoms with van der Waals surface area (Å²) in [5.41, 5.74) is 10.2. The predicted molar refractivity (Wildman–Crippen MR) is 50.3 cm³/mol. The molecule has 0 heterocycles. The van der Waals surface area contributed by atoms with Gasteiger partial charge in [0.25, 0.3) is 0 Å². The highest BCUT2D eigenvalue weighted by atomic mass is 16.5. The summed E-state index contributed by atoms with van der Waals surface area (Å²) in [6.45, 7) is 3.31. The number of nitrogens with zero attached hydrogens (tertiary/aromatic N) is 1. The van der Waals surface area contributed by atoms with Crippen LogP contribution in [0, 0.1) is 0 Å². The summed E-state index contributed by atoms with van der Waals surface area (Å²) in [5, 5.41) is 2.77. The molecule has 0 aromatic rings. The third-order valence-electron chi connectivity index (χ3n) is 1.16. The summed E-state index contributed by atoms with van der Waals surface area (Å²) < 4.78 is 4.46. The van der Waals surface area contributed by atoms with Crippen molar-refractivity contribution < 1.29 is 9.53 Å². The molecule has 0 unspecified atom stereocenters. The lowest BCUT2D eigenvalue weighted by Crippen LogP contribution is -2.35. The van der Waals surface area contributed by atoms with Gasteiger partial charge in [-0.1, -0.05) is 6.92 Å². The Bertz CT molecular complexity index is 181. The molecule has 0 saturated carbocycles. The molecule has 6 heteroatoms. The number of aliphatic imine (C=N–C) groups is 1. The molecule has 6 nitrogen and oxygen atoms in total. The Morgan fingerprint density at radius 1 is 1.54 bits per heavy atom. The maximum atomic E-state index is 10.1. The number of guanidine groups is 1. The van der Waals surface area contributed by atoms with E-state index in [0.717, 1.165) is 6.42 Å². The van der Waals surface area contributed by atoms with E-state index in [1.807, 2.05) is 6.92 Å². The van der Waals surface area contributed by atoms with Gasteiger partial charge in [-0.15, -0.1) is 0 Å². The highest BCUT2D eigenvalue weighted by molar-refractivity contribution is 5.77. The number of hydrogen-bond donors (Lipinski definition) is 3. The van der Waals surface area contributed by atoms with Gasteiger partial charge in [-0.25, -0.2) is 4.79 Å². The number of nitrogens with two attached hydrogens (primary N) is 2. The first-order valence-electron chi connectivity index (χ1n) is 4.12. The molecule has 0 radical (unpaired) electrons. The molecule has 0 fully saturated rings. The van der Waals surface area contributed by atoms with Crippen LogP contribution in [0.4, 0.5) is 4.79 Å². The number of nitrogens with one attached hydrogen (secondary N) is 1. The molecule has 0 aromatic carbocycles. The van der Waals surface area contributed by atoms with Crippen molar-refractivity contribution in [3.8, 4) is 0 Å². The standard InChI is InChI=1S/C7H16N4O2/c1-2-3-10-6(8)11-4-5-13-7(9)12/h2-5H2,1H3,(H2,9,12)(H3,8,10,11).